The number of fused-ring (bicyclic) bond motifs is 3. The molecule has 2 aromatic rings. The van der Waals surface area contributed by atoms with Gasteiger partial charge in [0, 0.05) is 49.9 Å². The van der Waals surface area contributed by atoms with Crippen molar-refractivity contribution in [2.75, 3.05) is 39.3 Å². The third-order valence-corrected chi connectivity index (χ3v) is 7.12. The molecule has 7 heteroatoms. The van der Waals surface area contributed by atoms with E-state index in [1.54, 1.807) is 0 Å². The van der Waals surface area contributed by atoms with E-state index in [2.05, 4.69) is 21.9 Å². The fourth-order valence-corrected chi connectivity index (χ4v) is 5.24. The minimum absolute atomic E-state index is 0.0372. The number of morpholine rings is 1. The number of carbonyl (C=O) groups excluding carboxylic acids is 2. The topological polar surface area (TPSA) is 68.3 Å². The molecule has 32 heavy (non-hydrogen) atoms. The molecule has 0 aromatic heterocycles. The first-order valence-electron chi connectivity index (χ1n) is 11.3. The first kappa shape index (κ1) is 19.9. The Balaban J connectivity index is 1.04. The Kier molecular flexibility index (Phi) is 4.97. The summed E-state index contributed by atoms with van der Waals surface area (Å²) in [6, 6.07) is 12.4. The second-order valence-electron chi connectivity index (χ2n) is 9.08. The van der Waals surface area contributed by atoms with Gasteiger partial charge in [-0.25, -0.2) is 9.59 Å². The lowest BCUT2D eigenvalue weighted by atomic mass is 9.99. The van der Waals surface area contributed by atoms with Crippen LogP contribution in [0.2, 0.25) is 0 Å². The van der Waals surface area contributed by atoms with E-state index >= 15 is 0 Å². The predicted octanol–water partition coefficient (Wildman–Crippen LogP) is 2.33. The third-order valence-electron chi connectivity index (χ3n) is 7.12. The molecule has 0 bridgehead atoms. The Hall–Kier alpha value is -2.74. The van der Waals surface area contributed by atoms with E-state index in [0.29, 0.717) is 37.0 Å². The molecule has 0 radical (unpaired) electrons. The molecule has 2 fully saturated rings. The van der Waals surface area contributed by atoms with Crippen LogP contribution < -0.4 is 0 Å². The predicted molar refractivity (Wildman–Crippen MR) is 115 cm³/mol. The number of hydrogen-bond donors (Lipinski definition) is 0. The van der Waals surface area contributed by atoms with Gasteiger partial charge >= 0.3 is 11.9 Å². The number of nitrogens with zero attached hydrogens (tertiary/aromatic N) is 2. The number of cyclic esters (lactones) is 2. The van der Waals surface area contributed by atoms with E-state index in [1.807, 2.05) is 24.3 Å². The van der Waals surface area contributed by atoms with Gasteiger partial charge in [-0.15, -0.1) is 0 Å². The van der Waals surface area contributed by atoms with Crippen molar-refractivity contribution in [3.63, 3.8) is 0 Å². The molecule has 166 valence electrons. The molecule has 7 nitrogen and oxygen atoms in total. The van der Waals surface area contributed by atoms with Crippen molar-refractivity contribution in [2.24, 2.45) is 0 Å². The zero-order valence-electron chi connectivity index (χ0n) is 17.9. The van der Waals surface area contributed by atoms with Crippen LogP contribution in [-0.4, -0.2) is 67.1 Å². The highest BCUT2D eigenvalue weighted by Gasteiger charge is 2.34. The van der Waals surface area contributed by atoms with Crippen LogP contribution in [0.15, 0.2) is 36.4 Å². The molecule has 0 N–H and O–H groups in total. The van der Waals surface area contributed by atoms with Crippen LogP contribution in [0, 0.1) is 0 Å². The number of rotatable bonds is 4. The van der Waals surface area contributed by atoms with Crippen LogP contribution in [0.25, 0.3) is 0 Å². The van der Waals surface area contributed by atoms with Gasteiger partial charge in [0.2, 0.25) is 0 Å². The van der Waals surface area contributed by atoms with Crippen molar-refractivity contribution >= 4 is 11.9 Å². The summed E-state index contributed by atoms with van der Waals surface area (Å²) >= 11 is 0. The molecule has 4 heterocycles. The van der Waals surface area contributed by atoms with Crippen molar-refractivity contribution in [2.45, 2.75) is 31.8 Å². The Morgan fingerprint density at radius 3 is 2.44 bits per heavy atom. The van der Waals surface area contributed by atoms with Gasteiger partial charge in [-0.3, -0.25) is 4.90 Å². The summed E-state index contributed by atoms with van der Waals surface area (Å²) in [6.07, 6.45) is 1.00. The Labute approximate surface area is 186 Å². The van der Waals surface area contributed by atoms with Gasteiger partial charge in [-0.05, 0) is 35.7 Å². The molecular weight excluding hydrogens is 408 g/mol. The normalized spacial score (nSPS) is 25.1. The van der Waals surface area contributed by atoms with Crippen LogP contribution in [-0.2, 0) is 33.8 Å². The zero-order valence-corrected chi connectivity index (χ0v) is 17.9. The average molecular weight is 434 g/mol. The van der Waals surface area contributed by atoms with Gasteiger partial charge in [-0.2, -0.15) is 0 Å². The first-order chi connectivity index (χ1) is 15.6. The van der Waals surface area contributed by atoms with Crippen LogP contribution in [0.4, 0.5) is 0 Å². The molecule has 2 atom stereocenters. The van der Waals surface area contributed by atoms with Crippen molar-refractivity contribution in [1.82, 2.24) is 9.80 Å². The van der Waals surface area contributed by atoms with E-state index < -0.39 is 0 Å². The molecule has 0 amide bonds. The molecule has 4 aliphatic heterocycles. The second-order valence-corrected chi connectivity index (χ2v) is 9.08. The largest absolute Gasteiger partial charge is 0.457 e. The molecule has 4 aliphatic rings. The highest BCUT2D eigenvalue weighted by molar-refractivity contribution is 5.93. The molecule has 2 saturated heterocycles. The molecular formula is C25H26N2O5. The maximum atomic E-state index is 11.7. The lowest BCUT2D eigenvalue weighted by Crippen LogP contribution is -2.58. The maximum Gasteiger partial charge on any atom is 0.338 e. The minimum Gasteiger partial charge on any atom is -0.457 e. The van der Waals surface area contributed by atoms with Gasteiger partial charge in [-0.1, -0.05) is 18.2 Å². The van der Waals surface area contributed by atoms with Gasteiger partial charge in [0.1, 0.15) is 13.2 Å². The van der Waals surface area contributed by atoms with Gasteiger partial charge in [0.25, 0.3) is 0 Å². The van der Waals surface area contributed by atoms with Crippen molar-refractivity contribution in [1.29, 1.82) is 0 Å². The van der Waals surface area contributed by atoms with Crippen LogP contribution in [0.3, 0.4) is 0 Å². The summed E-state index contributed by atoms with van der Waals surface area (Å²) in [6.45, 7) is 6.44. The minimum atomic E-state index is -0.228. The summed E-state index contributed by atoms with van der Waals surface area (Å²) in [5.74, 6) is -0.436. The SMILES string of the molecule is O=C1OCc2cc(CCN3CCN4C[C@@H](c5ccc6c(c5)COC6=O)OC[C@@H]4C3)ccc21. The number of ether oxygens (including phenoxy) is 3. The molecule has 0 spiro atoms. The summed E-state index contributed by atoms with van der Waals surface area (Å²) in [4.78, 5) is 28.4. The monoisotopic (exact) mass is 434 g/mol. The Bertz CT molecular complexity index is 1080. The number of esters is 2. The quantitative estimate of drug-likeness (QED) is 0.684. The fourth-order valence-electron chi connectivity index (χ4n) is 5.24. The number of piperazine rings is 1. The first-order valence-corrected chi connectivity index (χ1v) is 11.3. The van der Waals surface area contributed by atoms with E-state index in [9.17, 15) is 9.59 Å². The highest BCUT2D eigenvalue weighted by Crippen LogP contribution is 2.30. The third kappa shape index (κ3) is 3.60. The smallest absolute Gasteiger partial charge is 0.338 e. The van der Waals surface area contributed by atoms with Gasteiger partial charge < -0.3 is 19.1 Å². The number of benzene rings is 2. The fraction of sp³-hybridized carbons (Fsp3) is 0.440. The second kappa shape index (κ2) is 7.99. The van der Waals surface area contributed by atoms with Crippen molar-refractivity contribution in [3.8, 4) is 0 Å². The average Bonchev–Trinajstić information content (AvgIpc) is 3.39. The summed E-state index contributed by atoms with van der Waals surface area (Å²) in [5.41, 5.74) is 5.74. The van der Waals surface area contributed by atoms with Gasteiger partial charge in [0.15, 0.2) is 0 Å². The number of carbonyl (C=O) groups is 2. The van der Waals surface area contributed by atoms with Crippen molar-refractivity contribution in [3.05, 3.63) is 69.8 Å². The van der Waals surface area contributed by atoms with Gasteiger partial charge in [0.05, 0.1) is 23.8 Å². The van der Waals surface area contributed by atoms with Crippen molar-refractivity contribution < 1.29 is 23.8 Å². The van der Waals surface area contributed by atoms with E-state index in [0.717, 1.165) is 55.8 Å². The summed E-state index contributed by atoms with van der Waals surface area (Å²) in [5, 5.41) is 0. The van der Waals surface area contributed by atoms with Crippen LogP contribution in [0.5, 0.6) is 0 Å². The molecule has 6 rings (SSSR count). The van der Waals surface area contributed by atoms with Crippen LogP contribution >= 0.6 is 0 Å². The zero-order chi connectivity index (χ0) is 21.7. The van der Waals surface area contributed by atoms with E-state index in [-0.39, 0.29) is 18.0 Å². The standard InChI is InChI=1S/C25H26N2O5/c28-24-21-3-1-16(9-18(21)13-31-24)5-6-26-7-8-27-12-23(30-15-20(27)11-26)17-2-4-22-19(10-17)14-32-25(22)29/h1-4,9-10,20,23H,5-8,11-15H2/t20-,23-/m0/s1. The van der Waals surface area contributed by atoms with E-state index in [4.69, 9.17) is 14.2 Å². The molecule has 0 unspecified atom stereocenters. The molecule has 0 aliphatic carbocycles. The summed E-state index contributed by atoms with van der Waals surface area (Å²) < 4.78 is 16.5. The Morgan fingerprint density at radius 2 is 1.62 bits per heavy atom. The lowest BCUT2D eigenvalue weighted by Gasteiger charge is -2.46. The Morgan fingerprint density at radius 1 is 0.875 bits per heavy atom. The van der Waals surface area contributed by atoms with E-state index in [1.165, 1.54) is 5.56 Å². The number of hydrogen-bond acceptors (Lipinski definition) is 7. The highest BCUT2D eigenvalue weighted by atomic mass is 16.5. The van der Waals surface area contributed by atoms with Crippen LogP contribution in [0.1, 0.15) is 49.1 Å². The lowest BCUT2D eigenvalue weighted by molar-refractivity contribution is -0.0901. The summed E-state index contributed by atoms with van der Waals surface area (Å²) in [7, 11) is 0. The molecule has 0 saturated carbocycles. The maximum absolute atomic E-state index is 11.7. The molecule has 2 aromatic carbocycles.